The van der Waals surface area contributed by atoms with Gasteiger partial charge in [-0.3, -0.25) is 5.32 Å². The minimum atomic E-state index is -0.369. The minimum absolute atomic E-state index is 0.369. The lowest BCUT2D eigenvalue weighted by Crippen LogP contribution is -2.19. The van der Waals surface area contributed by atoms with Gasteiger partial charge in [-0.25, -0.2) is 9.78 Å². The molecular weight excluding hydrogens is 334 g/mol. The number of methoxy groups -OCH3 is 1. The van der Waals surface area contributed by atoms with Crippen molar-refractivity contribution >= 4 is 50.0 Å². The third-order valence-electron chi connectivity index (χ3n) is 3.25. The van der Waals surface area contributed by atoms with Gasteiger partial charge < -0.3 is 10.1 Å². The molecule has 0 aliphatic rings. The zero-order valence-electron chi connectivity index (χ0n) is 12.5. The number of rotatable bonds is 3. The number of halogens is 1. The molecule has 0 unspecified atom stereocenters. The number of aromatic nitrogens is 1. The normalized spacial score (nSPS) is 10.6. The summed E-state index contributed by atoms with van der Waals surface area (Å²) in [5.41, 5.74) is 2.46. The number of carbonyl (C=O) groups excluding carboxylic acids is 1. The Bertz CT molecular complexity index is 840. The summed E-state index contributed by atoms with van der Waals surface area (Å²) in [6, 6.07) is 10.5. The van der Waals surface area contributed by atoms with Crippen molar-refractivity contribution < 1.29 is 9.53 Å². The lowest BCUT2D eigenvalue weighted by atomic mass is 10.2. The Labute approximate surface area is 142 Å². The van der Waals surface area contributed by atoms with Gasteiger partial charge in [0.05, 0.1) is 22.3 Å². The van der Waals surface area contributed by atoms with Crippen LogP contribution < -0.4 is 15.4 Å². The molecule has 1 aromatic heterocycles. The third kappa shape index (κ3) is 3.38. The SMILES string of the molecule is COc1cccc(NC(=O)Nc2nc3c(C)ccc(Cl)c3s2)c1. The van der Waals surface area contributed by atoms with Crippen molar-refractivity contribution in [2.45, 2.75) is 6.92 Å². The third-order valence-corrected chi connectivity index (χ3v) is 4.68. The van der Waals surface area contributed by atoms with Gasteiger partial charge in [0.15, 0.2) is 5.13 Å². The van der Waals surface area contributed by atoms with Crippen LogP contribution in [0.1, 0.15) is 5.56 Å². The number of ether oxygens (including phenoxy) is 1. The molecule has 0 aliphatic carbocycles. The van der Waals surface area contributed by atoms with Crippen LogP contribution in [0.4, 0.5) is 15.6 Å². The summed E-state index contributed by atoms with van der Waals surface area (Å²) in [6.07, 6.45) is 0. The molecule has 23 heavy (non-hydrogen) atoms. The number of amides is 2. The number of aryl methyl sites for hydroxylation is 1. The summed E-state index contributed by atoms with van der Waals surface area (Å²) in [7, 11) is 1.58. The molecule has 7 heteroatoms. The number of urea groups is 1. The molecule has 2 aromatic carbocycles. The number of anilines is 2. The maximum absolute atomic E-state index is 12.1. The van der Waals surface area contributed by atoms with Crippen LogP contribution >= 0.6 is 22.9 Å². The highest BCUT2D eigenvalue weighted by Crippen LogP contribution is 2.33. The quantitative estimate of drug-likeness (QED) is 0.707. The fourth-order valence-electron chi connectivity index (χ4n) is 2.12. The van der Waals surface area contributed by atoms with Crippen molar-refractivity contribution in [3.05, 3.63) is 47.0 Å². The predicted octanol–water partition coefficient (Wildman–Crippen LogP) is 4.91. The Kier molecular flexibility index (Phi) is 4.36. The first-order chi connectivity index (χ1) is 11.1. The van der Waals surface area contributed by atoms with E-state index in [1.807, 2.05) is 19.1 Å². The molecule has 5 nitrogen and oxygen atoms in total. The second-order valence-electron chi connectivity index (χ2n) is 4.87. The Morgan fingerprint density at radius 2 is 2.09 bits per heavy atom. The Morgan fingerprint density at radius 1 is 1.26 bits per heavy atom. The van der Waals surface area contributed by atoms with Crippen LogP contribution in [0.25, 0.3) is 10.2 Å². The molecule has 0 fully saturated rings. The zero-order valence-corrected chi connectivity index (χ0v) is 14.1. The number of nitrogens with zero attached hydrogens (tertiary/aromatic N) is 1. The molecule has 2 amide bonds. The van der Waals surface area contributed by atoms with Crippen LogP contribution in [0, 0.1) is 6.92 Å². The van der Waals surface area contributed by atoms with Crippen LogP contribution in [-0.4, -0.2) is 18.1 Å². The smallest absolute Gasteiger partial charge is 0.325 e. The predicted molar refractivity (Wildman–Crippen MR) is 95.0 cm³/mol. The van der Waals surface area contributed by atoms with E-state index in [0.29, 0.717) is 21.6 Å². The second kappa shape index (κ2) is 6.44. The van der Waals surface area contributed by atoms with Crippen molar-refractivity contribution in [1.82, 2.24) is 4.98 Å². The van der Waals surface area contributed by atoms with Gasteiger partial charge in [0.2, 0.25) is 0 Å². The van der Waals surface area contributed by atoms with Gasteiger partial charge in [-0.2, -0.15) is 0 Å². The lowest BCUT2D eigenvalue weighted by molar-refractivity contribution is 0.262. The fraction of sp³-hybridized carbons (Fsp3) is 0.125. The summed E-state index contributed by atoms with van der Waals surface area (Å²) in [4.78, 5) is 16.5. The summed E-state index contributed by atoms with van der Waals surface area (Å²) < 4.78 is 5.99. The van der Waals surface area contributed by atoms with E-state index in [-0.39, 0.29) is 6.03 Å². The summed E-state index contributed by atoms with van der Waals surface area (Å²) >= 11 is 7.52. The lowest BCUT2D eigenvalue weighted by Gasteiger charge is -2.06. The van der Waals surface area contributed by atoms with E-state index >= 15 is 0 Å². The molecule has 2 N–H and O–H groups in total. The number of hydrogen-bond acceptors (Lipinski definition) is 4. The molecule has 0 aliphatic heterocycles. The maximum atomic E-state index is 12.1. The van der Waals surface area contributed by atoms with Crippen LogP contribution in [0.2, 0.25) is 5.02 Å². The van der Waals surface area contributed by atoms with E-state index in [1.165, 1.54) is 11.3 Å². The van der Waals surface area contributed by atoms with E-state index < -0.39 is 0 Å². The van der Waals surface area contributed by atoms with Crippen molar-refractivity contribution in [2.24, 2.45) is 0 Å². The molecular formula is C16H14ClN3O2S. The molecule has 0 radical (unpaired) electrons. The van der Waals surface area contributed by atoms with E-state index in [4.69, 9.17) is 16.3 Å². The first-order valence-corrected chi connectivity index (χ1v) is 8.04. The van der Waals surface area contributed by atoms with Crippen molar-refractivity contribution in [2.75, 3.05) is 17.7 Å². The van der Waals surface area contributed by atoms with Gasteiger partial charge in [0.25, 0.3) is 0 Å². The Morgan fingerprint density at radius 3 is 2.83 bits per heavy atom. The highest BCUT2D eigenvalue weighted by Gasteiger charge is 2.12. The number of carbonyl (C=O) groups is 1. The number of fused-ring (bicyclic) bond motifs is 1. The molecule has 0 bridgehead atoms. The molecule has 118 valence electrons. The van der Waals surface area contributed by atoms with E-state index in [2.05, 4.69) is 15.6 Å². The van der Waals surface area contributed by atoms with E-state index in [1.54, 1.807) is 31.4 Å². The second-order valence-corrected chi connectivity index (χ2v) is 6.28. The standard InChI is InChI=1S/C16H14ClN3O2S/c1-9-6-7-12(17)14-13(9)19-16(23-14)20-15(21)18-10-4-3-5-11(8-10)22-2/h3-8H,1-2H3,(H2,18,19,20,21). The number of hydrogen-bond donors (Lipinski definition) is 2. The Balaban J connectivity index is 1.77. The average molecular weight is 348 g/mol. The Hall–Kier alpha value is -2.31. The topological polar surface area (TPSA) is 63.2 Å². The van der Waals surface area contributed by atoms with Gasteiger partial charge in [-0.05, 0) is 30.7 Å². The summed E-state index contributed by atoms with van der Waals surface area (Å²) in [6.45, 7) is 1.96. The van der Waals surface area contributed by atoms with Gasteiger partial charge in [0.1, 0.15) is 5.75 Å². The van der Waals surface area contributed by atoms with Gasteiger partial charge in [-0.15, -0.1) is 0 Å². The molecule has 3 rings (SSSR count). The molecule has 0 saturated carbocycles. The molecule has 0 spiro atoms. The highest BCUT2D eigenvalue weighted by atomic mass is 35.5. The van der Waals surface area contributed by atoms with E-state index in [9.17, 15) is 4.79 Å². The van der Waals surface area contributed by atoms with Crippen LogP contribution in [0.5, 0.6) is 5.75 Å². The van der Waals surface area contributed by atoms with Crippen molar-refractivity contribution in [3.63, 3.8) is 0 Å². The minimum Gasteiger partial charge on any atom is -0.497 e. The van der Waals surface area contributed by atoms with Gasteiger partial charge in [-0.1, -0.05) is 35.1 Å². The van der Waals surface area contributed by atoms with Crippen LogP contribution in [-0.2, 0) is 0 Å². The molecule has 1 heterocycles. The van der Waals surface area contributed by atoms with E-state index in [0.717, 1.165) is 15.8 Å². The van der Waals surface area contributed by atoms with Crippen LogP contribution in [0.15, 0.2) is 36.4 Å². The van der Waals surface area contributed by atoms with Gasteiger partial charge in [0, 0.05) is 11.8 Å². The monoisotopic (exact) mass is 347 g/mol. The fourth-order valence-corrected chi connectivity index (χ4v) is 3.33. The zero-order chi connectivity index (χ0) is 16.4. The number of thiazole rings is 1. The summed E-state index contributed by atoms with van der Waals surface area (Å²) in [5, 5.41) is 6.60. The first kappa shape index (κ1) is 15.6. The maximum Gasteiger partial charge on any atom is 0.325 e. The molecule has 0 atom stereocenters. The molecule has 3 aromatic rings. The number of nitrogens with one attached hydrogen (secondary N) is 2. The van der Waals surface area contributed by atoms with Crippen molar-refractivity contribution in [3.8, 4) is 5.75 Å². The summed E-state index contributed by atoms with van der Waals surface area (Å²) in [5.74, 6) is 0.671. The van der Waals surface area contributed by atoms with Crippen molar-refractivity contribution in [1.29, 1.82) is 0 Å². The number of benzene rings is 2. The highest BCUT2D eigenvalue weighted by molar-refractivity contribution is 7.23. The van der Waals surface area contributed by atoms with Crippen LogP contribution in [0.3, 0.4) is 0 Å². The molecule has 0 saturated heterocycles. The largest absolute Gasteiger partial charge is 0.497 e. The first-order valence-electron chi connectivity index (χ1n) is 6.84. The average Bonchev–Trinajstić information content (AvgIpc) is 2.96. The van der Waals surface area contributed by atoms with Gasteiger partial charge >= 0.3 is 6.03 Å².